The Morgan fingerprint density at radius 1 is 1.18 bits per heavy atom. The Morgan fingerprint density at radius 3 is 2.41 bits per heavy atom. The highest BCUT2D eigenvalue weighted by molar-refractivity contribution is 5.17. The highest BCUT2D eigenvalue weighted by Crippen LogP contribution is 2.07. The summed E-state index contributed by atoms with van der Waals surface area (Å²) < 4.78 is 25.8. The van der Waals surface area contributed by atoms with Gasteiger partial charge in [-0.1, -0.05) is 6.92 Å². The predicted molar refractivity (Wildman–Crippen MR) is 65.8 cm³/mol. The molecule has 4 heteroatoms. The lowest BCUT2D eigenvalue weighted by Crippen LogP contribution is -2.36. The molecule has 0 radical (unpaired) electrons. The largest absolute Gasteiger partial charge is 0.315 e. The van der Waals surface area contributed by atoms with Gasteiger partial charge in [0.15, 0.2) is 0 Å². The molecule has 0 amide bonds. The second kappa shape index (κ2) is 7.35. The van der Waals surface area contributed by atoms with E-state index in [0.29, 0.717) is 12.1 Å². The fraction of sp³-hybridized carbons (Fsp3) is 0.538. The van der Waals surface area contributed by atoms with Crippen molar-refractivity contribution in [2.75, 3.05) is 13.1 Å². The number of hydrogen-bond acceptors (Lipinski definition) is 2. The molecular formula is C13H20F2N2. The predicted octanol–water partition coefficient (Wildman–Crippen LogP) is 2.44. The molecule has 1 aromatic rings. The molecule has 0 aliphatic heterocycles. The molecule has 1 atom stereocenters. The van der Waals surface area contributed by atoms with Crippen LogP contribution in [0.5, 0.6) is 0 Å². The van der Waals surface area contributed by atoms with E-state index in [1.54, 1.807) is 0 Å². The van der Waals surface area contributed by atoms with Crippen LogP contribution in [0.2, 0.25) is 0 Å². The van der Waals surface area contributed by atoms with E-state index in [2.05, 4.69) is 17.6 Å². The monoisotopic (exact) mass is 242 g/mol. The number of nitrogens with one attached hydrogen (secondary N) is 2. The third-order valence-electron chi connectivity index (χ3n) is 2.45. The zero-order valence-electron chi connectivity index (χ0n) is 10.4. The standard InChI is InChI=1S/C13H20F2N2/c1-3-4-16-8-10(2)17-9-11-5-12(14)7-13(15)6-11/h5-7,10,16-17H,3-4,8-9H2,1-2H3. The smallest absolute Gasteiger partial charge is 0.126 e. The minimum absolute atomic E-state index is 0.271. The molecule has 0 spiro atoms. The van der Waals surface area contributed by atoms with Crippen molar-refractivity contribution in [1.82, 2.24) is 10.6 Å². The van der Waals surface area contributed by atoms with Crippen LogP contribution in [0.4, 0.5) is 8.78 Å². The first-order valence-electron chi connectivity index (χ1n) is 6.01. The van der Waals surface area contributed by atoms with Crippen molar-refractivity contribution in [1.29, 1.82) is 0 Å². The molecule has 1 rings (SSSR count). The summed E-state index contributed by atoms with van der Waals surface area (Å²) >= 11 is 0. The summed E-state index contributed by atoms with van der Waals surface area (Å²) in [6.45, 7) is 6.47. The van der Waals surface area contributed by atoms with E-state index >= 15 is 0 Å². The number of halogens is 2. The van der Waals surface area contributed by atoms with E-state index in [-0.39, 0.29) is 6.04 Å². The fourth-order valence-electron chi connectivity index (χ4n) is 1.57. The Morgan fingerprint density at radius 2 is 1.82 bits per heavy atom. The topological polar surface area (TPSA) is 24.1 Å². The Kier molecular flexibility index (Phi) is 6.08. The van der Waals surface area contributed by atoms with Crippen molar-refractivity contribution < 1.29 is 8.78 Å². The minimum Gasteiger partial charge on any atom is -0.315 e. The molecule has 1 unspecified atom stereocenters. The Labute approximate surface area is 101 Å². The van der Waals surface area contributed by atoms with Gasteiger partial charge in [-0.15, -0.1) is 0 Å². The van der Waals surface area contributed by atoms with Gasteiger partial charge in [-0.05, 0) is 37.6 Å². The minimum atomic E-state index is -0.529. The van der Waals surface area contributed by atoms with Gasteiger partial charge < -0.3 is 10.6 Å². The first-order chi connectivity index (χ1) is 8.11. The number of rotatable bonds is 7. The van der Waals surface area contributed by atoms with Crippen molar-refractivity contribution in [3.05, 3.63) is 35.4 Å². The maximum absolute atomic E-state index is 12.9. The van der Waals surface area contributed by atoms with E-state index in [1.165, 1.54) is 12.1 Å². The van der Waals surface area contributed by atoms with Gasteiger partial charge in [0.05, 0.1) is 0 Å². The molecule has 0 heterocycles. The van der Waals surface area contributed by atoms with Crippen LogP contribution in [0.15, 0.2) is 18.2 Å². The van der Waals surface area contributed by atoms with Gasteiger partial charge in [-0.3, -0.25) is 0 Å². The normalized spacial score (nSPS) is 12.7. The Hall–Kier alpha value is -1.00. The molecule has 0 aromatic heterocycles. The van der Waals surface area contributed by atoms with Crippen LogP contribution >= 0.6 is 0 Å². The highest BCUT2D eigenvalue weighted by atomic mass is 19.1. The summed E-state index contributed by atoms with van der Waals surface area (Å²) in [5, 5.41) is 6.50. The van der Waals surface area contributed by atoms with Crippen molar-refractivity contribution in [2.45, 2.75) is 32.9 Å². The lowest BCUT2D eigenvalue weighted by Gasteiger charge is -2.14. The van der Waals surface area contributed by atoms with Crippen molar-refractivity contribution >= 4 is 0 Å². The molecule has 0 saturated carbocycles. The molecule has 0 aliphatic carbocycles. The van der Waals surface area contributed by atoms with Gasteiger partial charge in [0.25, 0.3) is 0 Å². The molecule has 0 fully saturated rings. The average molecular weight is 242 g/mol. The first kappa shape index (κ1) is 14.1. The molecule has 0 aliphatic rings. The van der Waals surface area contributed by atoms with Crippen LogP contribution in [0.3, 0.4) is 0 Å². The first-order valence-corrected chi connectivity index (χ1v) is 6.01. The molecule has 1 aromatic carbocycles. The summed E-state index contributed by atoms with van der Waals surface area (Å²) in [6.07, 6.45) is 1.10. The second-order valence-electron chi connectivity index (χ2n) is 4.26. The molecule has 0 bridgehead atoms. The number of hydrogen-bond donors (Lipinski definition) is 2. The van der Waals surface area contributed by atoms with Crippen LogP contribution in [-0.2, 0) is 6.54 Å². The summed E-state index contributed by atoms with van der Waals surface area (Å²) in [4.78, 5) is 0. The van der Waals surface area contributed by atoms with Crippen LogP contribution in [0.25, 0.3) is 0 Å². The maximum Gasteiger partial charge on any atom is 0.126 e. The van der Waals surface area contributed by atoms with E-state index < -0.39 is 11.6 Å². The zero-order chi connectivity index (χ0) is 12.7. The van der Waals surface area contributed by atoms with Gasteiger partial charge in [0.1, 0.15) is 11.6 Å². The van der Waals surface area contributed by atoms with Crippen LogP contribution in [0, 0.1) is 11.6 Å². The van der Waals surface area contributed by atoms with Crippen molar-refractivity contribution in [3.63, 3.8) is 0 Å². The van der Waals surface area contributed by atoms with Gasteiger partial charge >= 0.3 is 0 Å². The van der Waals surface area contributed by atoms with Crippen molar-refractivity contribution in [2.24, 2.45) is 0 Å². The van der Waals surface area contributed by atoms with Crippen LogP contribution in [-0.4, -0.2) is 19.1 Å². The van der Waals surface area contributed by atoms with Gasteiger partial charge in [-0.25, -0.2) is 8.78 Å². The fourth-order valence-corrected chi connectivity index (χ4v) is 1.57. The van der Waals surface area contributed by atoms with Gasteiger partial charge in [-0.2, -0.15) is 0 Å². The summed E-state index contributed by atoms with van der Waals surface area (Å²) in [5.74, 6) is -1.06. The van der Waals surface area contributed by atoms with Gasteiger partial charge in [0, 0.05) is 25.2 Å². The zero-order valence-corrected chi connectivity index (χ0v) is 10.4. The SMILES string of the molecule is CCCNCC(C)NCc1cc(F)cc(F)c1. The summed E-state index contributed by atoms with van der Waals surface area (Å²) in [7, 11) is 0. The molecular weight excluding hydrogens is 222 g/mol. The molecule has 17 heavy (non-hydrogen) atoms. The molecule has 96 valence electrons. The van der Waals surface area contributed by atoms with E-state index in [1.807, 2.05) is 6.92 Å². The highest BCUT2D eigenvalue weighted by Gasteiger charge is 2.03. The third kappa shape index (κ3) is 5.75. The molecule has 2 N–H and O–H groups in total. The summed E-state index contributed by atoms with van der Waals surface area (Å²) in [6, 6.07) is 3.85. The quantitative estimate of drug-likeness (QED) is 0.718. The third-order valence-corrected chi connectivity index (χ3v) is 2.45. The van der Waals surface area contributed by atoms with Crippen LogP contribution in [0.1, 0.15) is 25.8 Å². The lowest BCUT2D eigenvalue weighted by atomic mass is 10.2. The molecule has 0 saturated heterocycles. The van der Waals surface area contributed by atoms with Gasteiger partial charge in [0.2, 0.25) is 0 Å². The second-order valence-corrected chi connectivity index (χ2v) is 4.26. The molecule has 2 nitrogen and oxygen atoms in total. The Bertz CT molecular complexity index is 322. The average Bonchev–Trinajstić information content (AvgIpc) is 2.25. The van der Waals surface area contributed by atoms with E-state index in [0.717, 1.165) is 25.6 Å². The van der Waals surface area contributed by atoms with Crippen molar-refractivity contribution in [3.8, 4) is 0 Å². The number of benzene rings is 1. The Balaban J connectivity index is 2.34. The van der Waals surface area contributed by atoms with Crippen LogP contribution < -0.4 is 10.6 Å². The lowest BCUT2D eigenvalue weighted by molar-refractivity contribution is 0.498. The maximum atomic E-state index is 12.9. The van der Waals surface area contributed by atoms with E-state index in [4.69, 9.17) is 0 Å². The van der Waals surface area contributed by atoms with E-state index in [9.17, 15) is 8.78 Å². The summed E-state index contributed by atoms with van der Waals surface area (Å²) in [5.41, 5.74) is 0.629.